The van der Waals surface area contributed by atoms with E-state index in [-0.39, 0.29) is 10.5 Å². The van der Waals surface area contributed by atoms with E-state index in [2.05, 4.69) is 9.71 Å². The molecule has 0 saturated heterocycles. The van der Waals surface area contributed by atoms with Crippen LogP contribution in [0.4, 0.5) is 0 Å². The van der Waals surface area contributed by atoms with Gasteiger partial charge in [-0.2, -0.15) is 0 Å². The molecule has 0 bridgehead atoms. The largest absolute Gasteiger partial charge is 0.322 e. The van der Waals surface area contributed by atoms with Gasteiger partial charge in [0.15, 0.2) is 0 Å². The molecule has 2 aromatic rings. The zero-order valence-electron chi connectivity index (χ0n) is 11.5. The fraction of sp³-hybridized carbons (Fsp3) is 0.357. The van der Waals surface area contributed by atoms with E-state index in [0.29, 0.717) is 23.4 Å². The molecule has 2 rings (SSSR count). The smallest absolute Gasteiger partial charge is 0.248 e. The van der Waals surface area contributed by atoms with Crippen LogP contribution in [0, 0.1) is 5.92 Å². The molecule has 0 aliphatic rings. The molecule has 0 aliphatic heterocycles. The third-order valence-corrected chi connectivity index (χ3v) is 4.48. The first-order chi connectivity index (χ1) is 9.38. The maximum atomic E-state index is 12.1. The van der Waals surface area contributed by atoms with Crippen LogP contribution in [0.3, 0.4) is 0 Å². The second kappa shape index (κ2) is 5.76. The number of sulfonamides is 1. The highest BCUT2D eigenvalue weighted by molar-refractivity contribution is 7.89. The molecule has 0 fully saturated rings. The first kappa shape index (κ1) is 14.7. The van der Waals surface area contributed by atoms with Crippen LogP contribution in [0.1, 0.15) is 20.3 Å². The van der Waals surface area contributed by atoms with Crippen LogP contribution in [0.2, 0.25) is 0 Å². The Morgan fingerprint density at radius 3 is 2.65 bits per heavy atom. The van der Waals surface area contributed by atoms with Crippen LogP contribution < -0.4 is 10.3 Å². The van der Waals surface area contributed by atoms with Gasteiger partial charge in [0.1, 0.15) is 0 Å². The number of nitrogens with one attached hydrogen (secondary N) is 2. The number of pyridine rings is 1. The van der Waals surface area contributed by atoms with E-state index < -0.39 is 10.0 Å². The first-order valence-corrected chi connectivity index (χ1v) is 7.99. The van der Waals surface area contributed by atoms with E-state index in [1.54, 1.807) is 18.2 Å². The van der Waals surface area contributed by atoms with Crippen molar-refractivity contribution in [3.05, 3.63) is 40.7 Å². The summed E-state index contributed by atoms with van der Waals surface area (Å²) in [7, 11) is -3.50. The molecule has 1 heterocycles. The molecule has 0 saturated carbocycles. The number of fused-ring (bicyclic) bond motifs is 1. The molecule has 0 unspecified atom stereocenters. The highest BCUT2D eigenvalue weighted by Gasteiger charge is 2.14. The summed E-state index contributed by atoms with van der Waals surface area (Å²) in [6.07, 6.45) is 0.792. The summed E-state index contributed by atoms with van der Waals surface area (Å²) >= 11 is 0. The molecule has 1 aromatic carbocycles. The summed E-state index contributed by atoms with van der Waals surface area (Å²) in [5, 5.41) is 0.691. The van der Waals surface area contributed by atoms with E-state index in [1.165, 1.54) is 12.1 Å². The molecule has 0 aliphatic carbocycles. The van der Waals surface area contributed by atoms with Crippen molar-refractivity contribution in [1.29, 1.82) is 0 Å². The zero-order valence-corrected chi connectivity index (χ0v) is 12.3. The topological polar surface area (TPSA) is 79.0 Å². The van der Waals surface area contributed by atoms with Crippen LogP contribution in [-0.4, -0.2) is 19.9 Å². The summed E-state index contributed by atoms with van der Waals surface area (Å²) < 4.78 is 26.9. The normalized spacial score (nSPS) is 12.2. The van der Waals surface area contributed by atoms with Gasteiger partial charge in [0.25, 0.3) is 0 Å². The Bertz CT molecular complexity index is 763. The van der Waals surface area contributed by atoms with Crippen LogP contribution >= 0.6 is 0 Å². The second-order valence-corrected chi connectivity index (χ2v) is 6.92. The van der Waals surface area contributed by atoms with Gasteiger partial charge < -0.3 is 4.98 Å². The van der Waals surface area contributed by atoms with Gasteiger partial charge in [0, 0.05) is 18.1 Å². The fourth-order valence-electron chi connectivity index (χ4n) is 1.86. The highest BCUT2D eigenvalue weighted by Crippen LogP contribution is 2.16. The summed E-state index contributed by atoms with van der Waals surface area (Å²) in [5.41, 5.74) is 0.418. The number of H-pyrrole nitrogens is 1. The standard InChI is InChI=1S/C14H18N2O3S/c1-10(2)7-8-15-20(18,19)12-4-5-13-11(9-12)3-6-14(17)16-13/h3-6,9-10,15H,7-8H2,1-2H3,(H,16,17). The molecule has 108 valence electrons. The van der Waals surface area contributed by atoms with Crippen molar-refractivity contribution in [2.75, 3.05) is 6.54 Å². The average molecular weight is 294 g/mol. The van der Waals surface area contributed by atoms with E-state index >= 15 is 0 Å². The van der Waals surface area contributed by atoms with Crippen LogP contribution in [0.25, 0.3) is 10.9 Å². The van der Waals surface area contributed by atoms with Crippen molar-refractivity contribution in [3.63, 3.8) is 0 Å². The molecule has 0 amide bonds. The summed E-state index contributed by atoms with van der Waals surface area (Å²) in [5.74, 6) is 0.444. The molecule has 0 atom stereocenters. The third-order valence-electron chi connectivity index (χ3n) is 3.02. The Kier molecular flexibility index (Phi) is 4.25. The van der Waals surface area contributed by atoms with Crippen LogP contribution in [0.15, 0.2) is 40.0 Å². The number of benzene rings is 1. The Morgan fingerprint density at radius 1 is 1.20 bits per heavy atom. The van der Waals surface area contributed by atoms with Crippen molar-refractivity contribution in [1.82, 2.24) is 9.71 Å². The minimum absolute atomic E-state index is 0.205. The summed E-state index contributed by atoms with van der Waals surface area (Å²) in [6, 6.07) is 7.65. The molecule has 2 N–H and O–H groups in total. The van der Waals surface area contributed by atoms with E-state index in [9.17, 15) is 13.2 Å². The van der Waals surface area contributed by atoms with Gasteiger partial charge >= 0.3 is 0 Å². The summed E-state index contributed by atoms with van der Waals surface area (Å²) in [6.45, 7) is 4.50. The number of aromatic amines is 1. The lowest BCUT2D eigenvalue weighted by molar-refractivity contribution is 0.551. The predicted molar refractivity (Wildman–Crippen MR) is 79.2 cm³/mol. The lowest BCUT2D eigenvalue weighted by Gasteiger charge is -2.09. The molecule has 5 nitrogen and oxygen atoms in total. The quantitative estimate of drug-likeness (QED) is 0.883. The van der Waals surface area contributed by atoms with Gasteiger partial charge in [0.2, 0.25) is 15.6 Å². The van der Waals surface area contributed by atoms with Gasteiger partial charge in [-0.3, -0.25) is 4.79 Å². The molecule has 6 heteroatoms. The van der Waals surface area contributed by atoms with Crippen molar-refractivity contribution >= 4 is 20.9 Å². The van der Waals surface area contributed by atoms with Gasteiger partial charge in [0.05, 0.1) is 4.90 Å². The summed E-state index contributed by atoms with van der Waals surface area (Å²) in [4.78, 5) is 14.0. The highest BCUT2D eigenvalue weighted by atomic mass is 32.2. The Hall–Kier alpha value is -1.66. The van der Waals surface area contributed by atoms with E-state index in [4.69, 9.17) is 0 Å². The molecular formula is C14H18N2O3S. The molecule has 20 heavy (non-hydrogen) atoms. The molecule has 0 spiro atoms. The number of rotatable bonds is 5. The lowest BCUT2D eigenvalue weighted by atomic mass is 10.1. The van der Waals surface area contributed by atoms with Crippen LogP contribution in [-0.2, 0) is 10.0 Å². The van der Waals surface area contributed by atoms with Gasteiger partial charge in [-0.05, 0) is 42.0 Å². The van der Waals surface area contributed by atoms with Gasteiger partial charge in [-0.1, -0.05) is 13.8 Å². The maximum absolute atomic E-state index is 12.1. The Balaban J connectivity index is 2.28. The van der Waals surface area contributed by atoms with Crippen LogP contribution in [0.5, 0.6) is 0 Å². The number of hydrogen-bond donors (Lipinski definition) is 2. The van der Waals surface area contributed by atoms with Crippen molar-refractivity contribution in [2.24, 2.45) is 5.92 Å². The number of hydrogen-bond acceptors (Lipinski definition) is 3. The minimum Gasteiger partial charge on any atom is -0.322 e. The SMILES string of the molecule is CC(C)CCNS(=O)(=O)c1ccc2[nH]c(=O)ccc2c1. The van der Waals surface area contributed by atoms with Gasteiger partial charge in [-0.15, -0.1) is 0 Å². The van der Waals surface area contributed by atoms with E-state index in [0.717, 1.165) is 6.42 Å². The number of aromatic nitrogens is 1. The average Bonchev–Trinajstić information content (AvgIpc) is 2.37. The monoisotopic (exact) mass is 294 g/mol. The van der Waals surface area contributed by atoms with Gasteiger partial charge in [-0.25, -0.2) is 13.1 Å². The third kappa shape index (κ3) is 3.46. The van der Waals surface area contributed by atoms with E-state index in [1.807, 2.05) is 13.8 Å². The van der Waals surface area contributed by atoms with Crippen molar-refractivity contribution in [3.8, 4) is 0 Å². The van der Waals surface area contributed by atoms with Crippen molar-refractivity contribution in [2.45, 2.75) is 25.2 Å². The molecule has 0 radical (unpaired) electrons. The lowest BCUT2D eigenvalue weighted by Crippen LogP contribution is -2.25. The first-order valence-electron chi connectivity index (χ1n) is 6.51. The zero-order chi connectivity index (χ0) is 14.8. The van der Waals surface area contributed by atoms with Crippen molar-refractivity contribution < 1.29 is 8.42 Å². The minimum atomic E-state index is -3.50. The Morgan fingerprint density at radius 2 is 1.95 bits per heavy atom. The maximum Gasteiger partial charge on any atom is 0.248 e. The molecular weight excluding hydrogens is 276 g/mol. The molecule has 1 aromatic heterocycles. The fourth-order valence-corrected chi connectivity index (χ4v) is 2.95. The predicted octanol–water partition coefficient (Wildman–Crippen LogP) is 1.85. The Labute approximate surface area is 118 Å². The second-order valence-electron chi connectivity index (χ2n) is 5.15.